The van der Waals surface area contributed by atoms with Crippen molar-refractivity contribution in [2.24, 2.45) is 0 Å². The molecule has 2 aliphatic heterocycles. The summed E-state index contributed by atoms with van der Waals surface area (Å²) in [7, 11) is -3.64. The van der Waals surface area contributed by atoms with Gasteiger partial charge in [-0.15, -0.1) is 0 Å². The summed E-state index contributed by atoms with van der Waals surface area (Å²) in [6.07, 6.45) is 4.60. The molecule has 2 saturated heterocycles. The predicted octanol–water partition coefficient (Wildman–Crippen LogP) is 5.55. The Morgan fingerprint density at radius 3 is 2.59 bits per heavy atom. The van der Waals surface area contributed by atoms with Crippen molar-refractivity contribution in [3.05, 3.63) is 47.5 Å². The largest absolute Gasteiger partial charge is 0.416 e. The van der Waals surface area contributed by atoms with Crippen molar-refractivity contribution in [1.82, 2.24) is 24.7 Å². The van der Waals surface area contributed by atoms with Gasteiger partial charge in [0.25, 0.3) is 0 Å². The van der Waals surface area contributed by atoms with E-state index in [1.807, 2.05) is 22.0 Å². The van der Waals surface area contributed by atoms with Gasteiger partial charge in [0.15, 0.2) is 5.65 Å². The molecule has 9 nitrogen and oxygen atoms in total. The minimum absolute atomic E-state index is 0.102. The van der Waals surface area contributed by atoms with Crippen LogP contribution in [0.1, 0.15) is 67.1 Å². The van der Waals surface area contributed by atoms with E-state index in [0.29, 0.717) is 66.0 Å². The summed E-state index contributed by atoms with van der Waals surface area (Å²) in [5.41, 5.74) is 1.80. The average molecular weight is 605 g/mol. The Kier molecular flexibility index (Phi) is 6.36. The highest BCUT2D eigenvalue weighted by Crippen LogP contribution is 2.44. The van der Waals surface area contributed by atoms with E-state index >= 15 is 0 Å². The van der Waals surface area contributed by atoms with Crippen LogP contribution in [0, 0.1) is 0 Å². The van der Waals surface area contributed by atoms with Gasteiger partial charge < -0.3 is 9.64 Å². The van der Waals surface area contributed by atoms with Crippen LogP contribution < -0.4 is 4.90 Å². The molecule has 1 aromatic carbocycles. The third-order valence-electron chi connectivity index (χ3n) is 7.91. The van der Waals surface area contributed by atoms with Crippen molar-refractivity contribution >= 4 is 37.2 Å². The number of nitrogens with zero attached hydrogens (tertiary/aromatic N) is 6. The second kappa shape index (κ2) is 9.73. The lowest BCUT2D eigenvalue weighted by Crippen LogP contribution is -2.37. The second-order valence-electron chi connectivity index (χ2n) is 11.0. The Bertz CT molecular complexity index is 1740. The van der Waals surface area contributed by atoms with Crippen LogP contribution in [-0.2, 0) is 20.8 Å². The summed E-state index contributed by atoms with van der Waals surface area (Å²) < 4.78 is 74.2. The molecule has 4 aromatic rings. The first kappa shape index (κ1) is 26.8. The van der Waals surface area contributed by atoms with E-state index in [0.717, 1.165) is 54.6 Å². The van der Waals surface area contributed by atoms with Crippen LogP contribution in [0.5, 0.6) is 0 Å². The number of anilines is 1. The van der Waals surface area contributed by atoms with Crippen molar-refractivity contribution in [2.45, 2.75) is 60.7 Å². The lowest BCUT2D eigenvalue weighted by molar-refractivity contribution is -0.137. The van der Waals surface area contributed by atoms with Crippen LogP contribution in [0.15, 0.2) is 34.9 Å². The maximum Gasteiger partial charge on any atom is 0.416 e. The van der Waals surface area contributed by atoms with Crippen molar-refractivity contribution in [3.63, 3.8) is 0 Å². The highest BCUT2D eigenvalue weighted by atomic mass is 32.2. The molecule has 3 fully saturated rings. The molecule has 216 valence electrons. The highest BCUT2D eigenvalue weighted by Gasteiger charge is 2.35. The number of benzene rings is 1. The maximum atomic E-state index is 13.7. The summed E-state index contributed by atoms with van der Waals surface area (Å²) in [6.45, 7) is 1.73. The van der Waals surface area contributed by atoms with Gasteiger partial charge in [0.05, 0.1) is 29.6 Å². The number of ether oxygens (including phenoxy) is 1. The van der Waals surface area contributed by atoms with Crippen LogP contribution in [0.4, 0.5) is 18.9 Å². The van der Waals surface area contributed by atoms with Gasteiger partial charge in [-0.3, -0.25) is 4.68 Å². The Balaban J connectivity index is 1.33. The summed E-state index contributed by atoms with van der Waals surface area (Å²) in [6, 6.07) is 4.09. The Hall–Kier alpha value is -3.10. The number of fused-ring (bicyclic) bond motifs is 1. The maximum absolute atomic E-state index is 13.7. The number of aromatic nitrogens is 5. The van der Waals surface area contributed by atoms with Crippen molar-refractivity contribution in [1.29, 1.82) is 0 Å². The first-order chi connectivity index (χ1) is 19.5. The Labute approximate surface area is 238 Å². The summed E-state index contributed by atoms with van der Waals surface area (Å²) in [5.74, 6) is 0.363. The van der Waals surface area contributed by atoms with E-state index in [1.54, 1.807) is 0 Å². The molecule has 3 aliphatic rings. The number of rotatable bonds is 6. The molecular weight excluding hydrogens is 577 g/mol. The zero-order valence-electron chi connectivity index (χ0n) is 22.1. The molecule has 0 spiro atoms. The molecule has 5 heterocycles. The highest BCUT2D eigenvalue weighted by molar-refractivity contribution is 7.92. The first-order valence-corrected chi connectivity index (χ1v) is 16.3. The monoisotopic (exact) mass is 604 g/mol. The summed E-state index contributed by atoms with van der Waals surface area (Å²) in [4.78, 5) is 15.9. The van der Waals surface area contributed by atoms with E-state index in [9.17, 15) is 21.6 Å². The SMILES string of the molecule is CS(=O)(=O)c1nc2nc(C3CCO[C@@H](c4cnn(C5CC5)c4)C3)nc(-c3ccc(C(F)(F)F)cc3N3CCC3)c2s1. The van der Waals surface area contributed by atoms with Gasteiger partial charge in [-0.25, -0.2) is 23.4 Å². The normalized spacial score (nSPS) is 21.8. The summed E-state index contributed by atoms with van der Waals surface area (Å²) >= 11 is 0.945. The quantitative estimate of drug-likeness (QED) is 0.282. The Morgan fingerprint density at radius 2 is 1.90 bits per heavy atom. The van der Waals surface area contributed by atoms with E-state index in [4.69, 9.17) is 14.7 Å². The fourth-order valence-electron chi connectivity index (χ4n) is 5.39. The molecule has 2 atom stereocenters. The lowest BCUT2D eigenvalue weighted by atomic mass is 9.92. The number of halogens is 3. The molecule has 14 heteroatoms. The predicted molar refractivity (Wildman–Crippen MR) is 147 cm³/mol. The molecule has 1 aliphatic carbocycles. The van der Waals surface area contributed by atoms with Gasteiger partial charge in [-0.1, -0.05) is 17.4 Å². The molecule has 3 aromatic heterocycles. The first-order valence-electron chi connectivity index (χ1n) is 13.6. The molecule has 0 radical (unpaired) electrons. The number of hydrogen-bond donors (Lipinski definition) is 0. The number of sulfone groups is 1. The number of thiazole rings is 1. The van der Waals surface area contributed by atoms with Gasteiger partial charge >= 0.3 is 6.18 Å². The fourth-order valence-corrected chi connectivity index (χ4v) is 7.24. The summed E-state index contributed by atoms with van der Waals surface area (Å²) in [5, 5.41) is 4.49. The van der Waals surface area contributed by atoms with Crippen molar-refractivity contribution in [3.8, 4) is 11.3 Å². The van der Waals surface area contributed by atoms with E-state index in [-0.39, 0.29) is 22.0 Å². The lowest BCUT2D eigenvalue weighted by Gasteiger charge is -2.35. The third-order valence-corrected chi connectivity index (χ3v) is 10.6. The molecule has 0 bridgehead atoms. The molecule has 0 amide bonds. The second-order valence-corrected chi connectivity index (χ2v) is 14.2. The smallest absolute Gasteiger partial charge is 0.373 e. The molecular formula is C27H27F3N6O3S2. The van der Waals surface area contributed by atoms with Crippen LogP contribution in [0.2, 0.25) is 0 Å². The zero-order valence-corrected chi connectivity index (χ0v) is 23.8. The molecule has 1 unspecified atom stereocenters. The molecule has 1 saturated carbocycles. The van der Waals surface area contributed by atoms with Gasteiger partial charge in [0.1, 0.15) is 10.5 Å². The minimum atomic E-state index is -4.50. The van der Waals surface area contributed by atoms with Crippen LogP contribution in [-0.4, -0.2) is 59.1 Å². The van der Waals surface area contributed by atoms with E-state index in [1.165, 1.54) is 6.07 Å². The fraction of sp³-hybridized carbons (Fsp3) is 0.481. The third kappa shape index (κ3) is 5.10. The minimum Gasteiger partial charge on any atom is -0.373 e. The van der Waals surface area contributed by atoms with Gasteiger partial charge in [0.2, 0.25) is 14.2 Å². The van der Waals surface area contributed by atoms with Crippen molar-refractivity contribution < 1.29 is 26.3 Å². The number of hydrogen-bond acceptors (Lipinski definition) is 9. The molecule has 0 N–H and O–H groups in total. The van der Waals surface area contributed by atoms with E-state index in [2.05, 4.69) is 10.1 Å². The standard InChI is InChI=1S/C27H27F3N6O3S2/c1-41(37,38)26-34-25-23(40-26)22(19-6-3-17(27(28,29)30)12-20(19)35-8-2-9-35)32-24(33-25)15-7-10-39-21(11-15)16-13-31-36(14-16)18-4-5-18/h3,6,12-15,18,21H,2,4-5,7-11H2,1H3/t15?,21-/m1/s1. The number of alkyl halides is 3. The van der Waals surface area contributed by atoms with Crippen LogP contribution in [0.3, 0.4) is 0 Å². The van der Waals surface area contributed by atoms with E-state index < -0.39 is 21.6 Å². The van der Waals surface area contributed by atoms with Crippen molar-refractivity contribution in [2.75, 3.05) is 30.9 Å². The molecule has 41 heavy (non-hydrogen) atoms. The van der Waals surface area contributed by atoms with Crippen LogP contribution in [0.25, 0.3) is 21.6 Å². The Morgan fingerprint density at radius 1 is 1.10 bits per heavy atom. The molecule has 7 rings (SSSR count). The van der Waals surface area contributed by atoms with Gasteiger partial charge in [-0.2, -0.15) is 18.3 Å². The average Bonchev–Trinajstić information content (AvgIpc) is 3.45. The van der Waals surface area contributed by atoms with Crippen LogP contribution >= 0.6 is 11.3 Å². The zero-order chi connectivity index (χ0) is 28.5. The van der Waals surface area contributed by atoms with Gasteiger partial charge in [-0.05, 0) is 44.2 Å². The van der Waals surface area contributed by atoms with Gasteiger partial charge in [0, 0.05) is 54.9 Å². The topological polar surface area (TPSA) is 103 Å².